The van der Waals surface area contributed by atoms with Crippen LogP contribution in [-0.2, 0) is 19.1 Å². The Morgan fingerprint density at radius 3 is 2.32 bits per heavy atom. The molecule has 0 saturated heterocycles. The van der Waals surface area contributed by atoms with Crippen LogP contribution in [0.5, 0.6) is 0 Å². The molecule has 0 saturated carbocycles. The molecule has 19 heavy (non-hydrogen) atoms. The van der Waals surface area contributed by atoms with Crippen LogP contribution in [0.1, 0.15) is 45.4 Å². The van der Waals surface area contributed by atoms with Crippen LogP contribution in [0, 0.1) is 0 Å². The number of hydrogen-bond acceptors (Lipinski definition) is 4. The van der Waals surface area contributed by atoms with Crippen LogP contribution in [0.15, 0.2) is 12.7 Å². The van der Waals surface area contributed by atoms with Crippen molar-refractivity contribution in [1.82, 2.24) is 10.9 Å². The van der Waals surface area contributed by atoms with E-state index in [1.807, 2.05) is 10.9 Å². The first-order valence-electron chi connectivity index (χ1n) is 6.51. The zero-order valence-corrected chi connectivity index (χ0v) is 11.4. The molecule has 0 heterocycles. The van der Waals surface area contributed by atoms with Crippen molar-refractivity contribution in [1.29, 1.82) is 0 Å². The molecule has 2 N–H and O–H groups in total. The number of hydrogen-bond donors (Lipinski definition) is 2. The van der Waals surface area contributed by atoms with Gasteiger partial charge in [-0.2, -0.15) is 0 Å². The molecule has 6 heteroatoms. The van der Waals surface area contributed by atoms with Gasteiger partial charge in [0, 0.05) is 0 Å². The van der Waals surface area contributed by atoms with E-state index in [0.29, 0.717) is 0 Å². The van der Waals surface area contributed by atoms with Crippen LogP contribution in [-0.4, -0.2) is 24.4 Å². The van der Waals surface area contributed by atoms with Gasteiger partial charge in [-0.05, 0) is 12.5 Å². The molecule has 0 aromatic heterocycles. The van der Waals surface area contributed by atoms with E-state index in [4.69, 9.17) is 4.74 Å². The Hall–Kier alpha value is -1.85. The number of unbranched alkanes of at least 4 members (excludes halogenated alkanes) is 5. The zero-order valence-electron chi connectivity index (χ0n) is 11.4. The van der Waals surface area contributed by atoms with E-state index in [9.17, 15) is 14.4 Å². The summed E-state index contributed by atoms with van der Waals surface area (Å²) >= 11 is 0. The van der Waals surface area contributed by atoms with Gasteiger partial charge in [0.05, 0.1) is 6.61 Å². The number of carbonyl (C=O) groups is 3. The van der Waals surface area contributed by atoms with Crippen molar-refractivity contribution in [2.45, 2.75) is 45.4 Å². The van der Waals surface area contributed by atoms with E-state index in [2.05, 4.69) is 13.5 Å². The molecule has 0 unspecified atom stereocenters. The van der Waals surface area contributed by atoms with Gasteiger partial charge in [0.25, 0.3) is 5.91 Å². The Balaban J connectivity index is 3.54. The Kier molecular flexibility index (Phi) is 10.2. The lowest BCUT2D eigenvalue weighted by molar-refractivity contribution is -0.155. The van der Waals surface area contributed by atoms with E-state index in [0.717, 1.165) is 25.3 Å². The summed E-state index contributed by atoms with van der Waals surface area (Å²) in [6.07, 6.45) is 7.37. The Morgan fingerprint density at radius 2 is 1.68 bits per heavy atom. The Morgan fingerprint density at radius 1 is 1.05 bits per heavy atom. The van der Waals surface area contributed by atoms with Crippen molar-refractivity contribution in [2.24, 2.45) is 0 Å². The van der Waals surface area contributed by atoms with Crippen LogP contribution in [0.3, 0.4) is 0 Å². The molecular weight excluding hydrogens is 248 g/mol. The first-order chi connectivity index (χ1) is 9.11. The molecule has 0 fully saturated rings. The van der Waals surface area contributed by atoms with Crippen molar-refractivity contribution in [3.05, 3.63) is 12.7 Å². The van der Waals surface area contributed by atoms with Crippen molar-refractivity contribution in [2.75, 3.05) is 6.61 Å². The normalized spacial score (nSPS) is 9.53. The maximum absolute atomic E-state index is 11.2. The molecule has 0 radical (unpaired) electrons. The summed E-state index contributed by atoms with van der Waals surface area (Å²) in [5.41, 5.74) is 3.90. The van der Waals surface area contributed by atoms with Crippen LogP contribution in [0.4, 0.5) is 0 Å². The highest BCUT2D eigenvalue weighted by Gasteiger charge is 2.14. The lowest BCUT2D eigenvalue weighted by Crippen LogP contribution is -2.44. The number of ether oxygens (including phenoxy) is 1. The minimum absolute atomic E-state index is 0.216. The molecule has 6 nitrogen and oxygen atoms in total. The van der Waals surface area contributed by atoms with Crippen molar-refractivity contribution in [3.63, 3.8) is 0 Å². The van der Waals surface area contributed by atoms with E-state index < -0.39 is 17.8 Å². The fraction of sp³-hybridized carbons (Fsp3) is 0.615. The Labute approximate surface area is 113 Å². The molecule has 0 aromatic rings. The van der Waals surface area contributed by atoms with Gasteiger partial charge in [0.2, 0.25) is 0 Å². The average molecular weight is 270 g/mol. The second kappa shape index (κ2) is 11.3. The summed E-state index contributed by atoms with van der Waals surface area (Å²) in [5.74, 6) is -2.60. The van der Waals surface area contributed by atoms with Gasteiger partial charge in [0.15, 0.2) is 0 Å². The maximum atomic E-state index is 11.2. The van der Waals surface area contributed by atoms with E-state index in [1.165, 1.54) is 19.3 Å². The highest BCUT2D eigenvalue weighted by molar-refractivity contribution is 6.32. The second-order valence-electron chi connectivity index (χ2n) is 4.05. The summed E-state index contributed by atoms with van der Waals surface area (Å²) in [6, 6.07) is 0. The summed E-state index contributed by atoms with van der Waals surface area (Å²) in [6.45, 7) is 5.56. The second-order valence-corrected chi connectivity index (χ2v) is 4.05. The molecule has 0 atom stereocenters. The molecule has 2 amide bonds. The largest absolute Gasteiger partial charge is 0.459 e. The number of amides is 2. The molecule has 0 rings (SSSR count). The lowest BCUT2D eigenvalue weighted by atomic mass is 10.1. The number of esters is 1. The van der Waals surface area contributed by atoms with E-state index in [1.54, 1.807) is 0 Å². The molecule has 0 aliphatic rings. The minimum Gasteiger partial charge on any atom is -0.459 e. The standard InChI is InChI=1S/C13H22N2O4/c1-3-5-6-7-8-9-10-19-13(18)12(17)15-14-11(16)4-2/h4H,2-3,5-10H2,1H3,(H,14,16)(H,15,17). The van der Waals surface area contributed by atoms with Gasteiger partial charge in [-0.25, -0.2) is 4.79 Å². The van der Waals surface area contributed by atoms with Crippen LogP contribution >= 0.6 is 0 Å². The quantitative estimate of drug-likeness (QED) is 0.228. The molecule has 0 aliphatic heterocycles. The Bertz CT molecular complexity index is 316. The summed E-state index contributed by atoms with van der Waals surface area (Å²) in [5, 5.41) is 0. The van der Waals surface area contributed by atoms with Gasteiger partial charge >= 0.3 is 11.9 Å². The van der Waals surface area contributed by atoms with Crippen molar-refractivity contribution in [3.8, 4) is 0 Å². The predicted molar refractivity (Wildman–Crippen MR) is 70.8 cm³/mol. The monoisotopic (exact) mass is 270 g/mol. The number of rotatable bonds is 8. The number of hydrazine groups is 1. The van der Waals surface area contributed by atoms with Gasteiger partial charge in [-0.3, -0.25) is 20.4 Å². The fourth-order valence-corrected chi connectivity index (χ4v) is 1.33. The third-order valence-electron chi connectivity index (χ3n) is 2.40. The highest BCUT2D eigenvalue weighted by Crippen LogP contribution is 2.04. The van der Waals surface area contributed by atoms with Gasteiger partial charge in [0.1, 0.15) is 0 Å². The SMILES string of the molecule is C=CC(=O)NNC(=O)C(=O)OCCCCCCCC. The van der Waals surface area contributed by atoms with Crippen molar-refractivity contribution < 1.29 is 19.1 Å². The summed E-state index contributed by atoms with van der Waals surface area (Å²) < 4.78 is 4.75. The van der Waals surface area contributed by atoms with Crippen molar-refractivity contribution >= 4 is 17.8 Å². The summed E-state index contributed by atoms with van der Waals surface area (Å²) in [7, 11) is 0. The molecule has 0 bridgehead atoms. The smallest absolute Gasteiger partial charge is 0.398 e. The summed E-state index contributed by atoms with van der Waals surface area (Å²) in [4.78, 5) is 33.0. The molecule has 0 spiro atoms. The topological polar surface area (TPSA) is 84.5 Å². The highest BCUT2D eigenvalue weighted by atomic mass is 16.5. The van der Waals surface area contributed by atoms with Gasteiger partial charge < -0.3 is 4.74 Å². The maximum Gasteiger partial charge on any atom is 0.398 e. The average Bonchev–Trinajstić information content (AvgIpc) is 2.42. The molecule has 0 aromatic carbocycles. The molecular formula is C13H22N2O4. The van der Waals surface area contributed by atoms with E-state index >= 15 is 0 Å². The van der Waals surface area contributed by atoms with Gasteiger partial charge in [-0.1, -0.05) is 45.6 Å². The number of nitrogens with one attached hydrogen (secondary N) is 2. The predicted octanol–water partition coefficient (Wildman–Crippen LogP) is 1.22. The fourth-order valence-electron chi connectivity index (χ4n) is 1.33. The van der Waals surface area contributed by atoms with Crippen LogP contribution in [0.25, 0.3) is 0 Å². The first kappa shape index (κ1) is 17.2. The van der Waals surface area contributed by atoms with Gasteiger partial charge in [-0.15, -0.1) is 0 Å². The molecule has 0 aliphatic carbocycles. The zero-order chi connectivity index (χ0) is 14.5. The third-order valence-corrected chi connectivity index (χ3v) is 2.40. The first-order valence-corrected chi connectivity index (χ1v) is 6.51. The van der Waals surface area contributed by atoms with Crippen LogP contribution in [0.2, 0.25) is 0 Å². The van der Waals surface area contributed by atoms with Crippen LogP contribution < -0.4 is 10.9 Å². The lowest BCUT2D eigenvalue weighted by Gasteiger charge is -2.06. The van der Waals surface area contributed by atoms with E-state index in [-0.39, 0.29) is 6.61 Å². The minimum atomic E-state index is -1.00. The third kappa shape index (κ3) is 9.82. The number of carbonyl (C=O) groups excluding carboxylic acids is 3. The molecule has 108 valence electrons.